The highest BCUT2D eigenvalue weighted by Gasteiger charge is 2.18. The van der Waals surface area contributed by atoms with Gasteiger partial charge in [0.2, 0.25) is 0 Å². The number of rotatable bonds is 5. The van der Waals surface area contributed by atoms with E-state index in [1.165, 1.54) is 5.39 Å². The third-order valence-electron chi connectivity index (χ3n) is 3.09. The predicted octanol–water partition coefficient (Wildman–Crippen LogP) is 3.52. The van der Waals surface area contributed by atoms with E-state index in [9.17, 15) is 4.79 Å². The zero-order valence-electron chi connectivity index (χ0n) is 12.2. The Hall–Kier alpha value is -2.03. The molecule has 0 radical (unpaired) electrons. The van der Waals surface area contributed by atoms with Crippen LogP contribution in [0, 0.1) is 0 Å². The normalized spacial score (nSPS) is 12.4. The second-order valence-corrected chi connectivity index (χ2v) is 5.19. The number of carbonyl (C=O) groups excluding carboxylic acids is 1. The van der Waals surface area contributed by atoms with Gasteiger partial charge in [0, 0.05) is 6.04 Å². The monoisotopic (exact) mass is 271 g/mol. The van der Waals surface area contributed by atoms with E-state index in [2.05, 4.69) is 11.4 Å². The molecule has 0 aliphatic carbocycles. The van der Waals surface area contributed by atoms with Crippen molar-refractivity contribution in [2.45, 2.75) is 39.3 Å². The van der Waals surface area contributed by atoms with E-state index in [0.717, 1.165) is 11.1 Å². The first kappa shape index (κ1) is 14.4. The minimum absolute atomic E-state index is 0.0596. The molecule has 1 amide bonds. The fraction of sp³-hybridized carbons (Fsp3) is 0.353. The predicted molar refractivity (Wildman–Crippen MR) is 81.9 cm³/mol. The van der Waals surface area contributed by atoms with Crippen molar-refractivity contribution in [3.8, 4) is 5.75 Å². The molecule has 1 unspecified atom stereocenters. The van der Waals surface area contributed by atoms with Gasteiger partial charge in [-0.2, -0.15) is 0 Å². The Kier molecular flexibility index (Phi) is 4.61. The highest BCUT2D eigenvalue weighted by molar-refractivity contribution is 5.84. The van der Waals surface area contributed by atoms with Gasteiger partial charge in [-0.1, -0.05) is 37.3 Å². The lowest BCUT2D eigenvalue weighted by Crippen LogP contribution is -2.41. The van der Waals surface area contributed by atoms with Crippen LogP contribution < -0.4 is 10.1 Å². The van der Waals surface area contributed by atoms with Crippen molar-refractivity contribution in [2.75, 3.05) is 0 Å². The van der Waals surface area contributed by atoms with E-state index in [1.807, 2.05) is 57.2 Å². The van der Waals surface area contributed by atoms with Crippen LogP contribution in [0.2, 0.25) is 0 Å². The molecule has 0 saturated carbocycles. The molecule has 0 heterocycles. The molecule has 2 rings (SSSR count). The summed E-state index contributed by atoms with van der Waals surface area (Å²) >= 11 is 0. The maximum Gasteiger partial charge on any atom is 0.261 e. The number of fused-ring (bicyclic) bond motifs is 1. The zero-order valence-corrected chi connectivity index (χ0v) is 12.2. The van der Waals surface area contributed by atoms with Gasteiger partial charge in [-0.3, -0.25) is 4.79 Å². The molecular weight excluding hydrogens is 250 g/mol. The van der Waals surface area contributed by atoms with Crippen LogP contribution in [0.3, 0.4) is 0 Å². The number of amides is 1. The average Bonchev–Trinajstić information content (AvgIpc) is 2.43. The highest BCUT2D eigenvalue weighted by Crippen LogP contribution is 2.22. The Labute approximate surface area is 119 Å². The smallest absolute Gasteiger partial charge is 0.261 e. The molecule has 20 heavy (non-hydrogen) atoms. The summed E-state index contributed by atoms with van der Waals surface area (Å²) in [6.45, 7) is 5.84. The maximum absolute atomic E-state index is 12.0. The second-order valence-electron chi connectivity index (χ2n) is 5.19. The van der Waals surface area contributed by atoms with E-state index in [4.69, 9.17) is 4.74 Å². The van der Waals surface area contributed by atoms with Gasteiger partial charge in [0.25, 0.3) is 5.91 Å². The lowest BCUT2D eigenvalue weighted by molar-refractivity contribution is -0.128. The zero-order chi connectivity index (χ0) is 14.5. The van der Waals surface area contributed by atoms with Gasteiger partial charge in [-0.05, 0) is 43.2 Å². The van der Waals surface area contributed by atoms with Crippen molar-refractivity contribution in [2.24, 2.45) is 0 Å². The molecule has 106 valence electrons. The average molecular weight is 271 g/mol. The number of nitrogens with one attached hydrogen (secondary N) is 1. The van der Waals surface area contributed by atoms with Crippen LogP contribution in [0.4, 0.5) is 0 Å². The Morgan fingerprint density at radius 2 is 1.85 bits per heavy atom. The molecule has 3 nitrogen and oxygen atoms in total. The fourth-order valence-electron chi connectivity index (χ4n) is 2.10. The van der Waals surface area contributed by atoms with Crippen LogP contribution in [0.5, 0.6) is 5.75 Å². The summed E-state index contributed by atoms with van der Waals surface area (Å²) in [5, 5.41) is 5.17. The van der Waals surface area contributed by atoms with Crippen LogP contribution >= 0.6 is 0 Å². The van der Waals surface area contributed by atoms with Crippen LogP contribution in [-0.4, -0.2) is 18.1 Å². The third kappa shape index (κ3) is 3.50. The molecule has 0 fully saturated rings. The Morgan fingerprint density at radius 3 is 2.50 bits per heavy atom. The van der Waals surface area contributed by atoms with Crippen molar-refractivity contribution < 1.29 is 9.53 Å². The van der Waals surface area contributed by atoms with E-state index in [1.54, 1.807) is 0 Å². The maximum atomic E-state index is 12.0. The SMILES string of the molecule is CCC(Oc1ccc2ccccc2c1)C(=O)NC(C)C. The van der Waals surface area contributed by atoms with Crippen molar-refractivity contribution in [3.63, 3.8) is 0 Å². The molecular formula is C17H21NO2. The molecule has 0 aliphatic rings. The third-order valence-corrected chi connectivity index (χ3v) is 3.09. The van der Waals surface area contributed by atoms with Gasteiger partial charge in [0.1, 0.15) is 5.75 Å². The Morgan fingerprint density at radius 1 is 1.15 bits per heavy atom. The second kappa shape index (κ2) is 6.42. The number of hydrogen-bond donors (Lipinski definition) is 1. The Balaban J connectivity index is 2.14. The standard InChI is InChI=1S/C17H21NO2/c1-4-16(17(19)18-12(2)3)20-15-10-9-13-7-5-6-8-14(13)11-15/h5-12,16H,4H2,1-3H3,(H,18,19). The largest absolute Gasteiger partial charge is 0.481 e. The molecule has 0 saturated heterocycles. The lowest BCUT2D eigenvalue weighted by atomic mass is 10.1. The van der Waals surface area contributed by atoms with Crippen molar-refractivity contribution in [3.05, 3.63) is 42.5 Å². The highest BCUT2D eigenvalue weighted by atomic mass is 16.5. The van der Waals surface area contributed by atoms with Gasteiger partial charge in [-0.15, -0.1) is 0 Å². The molecule has 0 aromatic heterocycles. The molecule has 2 aromatic rings. The Bertz CT molecular complexity index is 592. The first-order chi connectivity index (χ1) is 9.60. The van der Waals surface area contributed by atoms with Crippen molar-refractivity contribution in [1.29, 1.82) is 0 Å². The summed E-state index contributed by atoms with van der Waals surface area (Å²) in [6.07, 6.45) is 0.198. The molecule has 1 N–H and O–H groups in total. The quantitative estimate of drug-likeness (QED) is 0.903. The molecule has 1 atom stereocenters. The first-order valence-corrected chi connectivity index (χ1v) is 7.06. The summed E-state index contributed by atoms with van der Waals surface area (Å²) in [7, 11) is 0. The molecule has 0 bridgehead atoms. The minimum Gasteiger partial charge on any atom is -0.481 e. The summed E-state index contributed by atoms with van der Waals surface area (Å²) in [5.74, 6) is 0.671. The summed E-state index contributed by atoms with van der Waals surface area (Å²) in [6, 6.07) is 14.1. The topological polar surface area (TPSA) is 38.3 Å². The van der Waals surface area contributed by atoms with E-state index < -0.39 is 6.10 Å². The van der Waals surface area contributed by atoms with Gasteiger partial charge < -0.3 is 10.1 Å². The number of benzene rings is 2. The number of ether oxygens (including phenoxy) is 1. The first-order valence-electron chi connectivity index (χ1n) is 7.06. The van der Waals surface area contributed by atoms with Crippen LogP contribution in [0.15, 0.2) is 42.5 Å². The number of hydrogen-bond acceptors (Lipinski definition) is 2. The lowest BCUT2D eigenvalue weighted by Gasteiger charge is -2.19. The van der Waals surface area contributed by atoms with Crippen molar-refractivity contribution >= 4 is 16.7 Å². The van der Waals surface area contributed by atoms with Gasteiger partial charge >= 0.3 is 0 Å². The van der Waals surface area contributed by atoms with Gasteiger partial charge in [-0.25, -0.2) is 0 Å². The van der Waals surface area contributed by atoms with Gasteiger partial charge in [0.15, 0.2) is 6.10 Å². The van der Waals surface area contributed by atoms with E-state index in [0.29, 0.717) is 6.42 Å². The van der Waals surface area contributed by atoms with E-state index >= 15 is 0 Å². The van der Waals surface area contributed by atoms with Crippen molar-refractivity contribution in [1.82, 2.24) is 5.32 Å². The van der Waals surface area contributed by atoms with Gasteiger partial charge in [0.05, 0.1) is 0 Å². The molecule has 0 spiro atoms. The fourth-order valence-corrected chi connectivity index (χ4v) is 2.10. The summed E-state index contributed by atoms with van der Waals surface area (Å²) < 4.78 is 5.82. The molecule has 3 heteroatoms. The van der Waals surface area contributed by atoms with Crippen LogP contribution in [0.25, 0.3) is 10.8 Å². The molecule has 0 aliphatic heterocycles. The van der Waals surface area contributed by atoms with E-state index in [-0.39, 0.29) is 11.9 Å². The summed E-state index contributed by atoms with van der Waals surface area (Å²) in [5.41, 5.74) is 0. The van der Waals surface area contributed by atoms with Crippen LogP contribution in [0.1, 0.15) is 27.2 Å². The summed E-state index contributed by atoms with van der Waals surface area (Å²) in [4.78, 5) is 12.0. The van der Waals surface area contributed by atoms with Crippen LogP contribution in [-0.2, 0) is 4.79 Å². The number of carbonyl (C=O) groups is 1. The molecule has 2 aromatic carbocycles. The minimum atomic E-state index is -0.446.